The second kappa shape index (κ2) is 11.6. The van der Waals surface area contributed by atoms with Crippen LogP contribution in [-0.4, -0.2) is 96.4 Å². The van der Waals surface area contributed by atoms with Gasteiger partial charge in [-0.1, -0.05) is 25.1 Å². The summed E-state index contributed by atoms with van der Waals surface area (Å²) in [5, 5.41) is 15.9. The van der Waals surface area contributed by atoms with Gasteiger partial charge in [0.2, 0.25) is 0 Å². The van der Waals surface area contributed by atoms with Crippen LogP contribution in [-0.2, 0) is 11.2 Å². The Hall–Kier alpha value is -3.87. The molecule has 2 N–H and O–H groups in total. The SMILES string of the molecule is CCc1cccc2cc(O)cc(-c3c(F)c4c5c(nc(OCC67CC(F)CN6CC(COC)C7)nc5c3F)N3CC5CCC(N5)C3CO4)c12. The van der Waals surface area contributed by atoms with Gasteiger partial charge in [0.25, 0.3) is 0 Å². The number of hydrogen-bond acceptors (Lipinski definition) is 9. The van der Waals surface area contributed by atoms with Gasteiger partial charge in [-0.3, -0.25) is 4.90 Å². The monoisotopic (exact) mass is 675 g/mol. The Morgan fingerprint density at radius 3 is 2.80 bits per heavy atom. The van der Waals surface area contributed by atoms with Crippen molar-refractivity contribution in [2.75, 3.05) is 51.5 Å². The maximum Gasteiger partial charge on any atom is 0.319 e. The number of methoxy groups -OCH3 is 1. The lowest BCUT2D eigenvalue weighted by atomic mass is 9.90. The molecule has 9 rings (SSSR count). The van der Waals surface area contributed by atoms with Crippen LogP contribution >= 0.6 is 0 Å². The molecule has 0 saturated carbocycles. The minimum atomic E-state index is -0.973. The molecular weight excluding hydrogens is 635 g/mol. The number of halogens is 3. The fraction of sp³-hybridized carbons (Fsp3) is 0.514. The van der Waals surface area contributed by atoms with Crippen LogP contribution in [0.25, 0.3) is 32.8 Å². The molecule has 3 aromatic carbocycles. The van der Waals surface area contributed by atoms with E-state index in [2.05, 4.69) is 20.1 Å². The molecule has 4 aromatic rings. The van der Waals surface area contributed by atoms with E-state index in [9.17, 15) is 9.50 Å². The highest BCUT2D eigenvalue weighted by molar-refractivity contribution is 6.05. The Morgan fingerprint density at radius 1 is 1.08 bits per heavy atom. The van der Waals surface area contributed by atoms with E-state index in [-0.39, 0.29) is 76.8 Å². The summed E-state index contributed by atoms with van der Waals surface area (Å²) in [7, 11) is 1.67. The van der Waals surface area contributed by atoms with Gasteiger partial charge in [-0.25, -0.2) is 13.2 Å². The van der Waals surface area contributed by atoms with Crippen molar-refractivity contribution in [1.29, 1.82) is 0 Å². The molecule has 6 heterocycles. The molecule has 49 heavy (non-hydrogen) atoms. The molecule has 0 radical (unpaired) electrons. The largest absolute Gasteiger partial charge is 0.508 e. The van der Waals surface area contributed by atoms with Gasteiger partial charge >= 0.3 is 6.01 Å². The van der Waals surface area contributed by atoms with E-state index in [0.29, 0.717) is 62.1 Å². The van der Waals surface area contributed by atoms with Crippen molar-refractivity contribution in [2.24, 2.45) is 5.92 Å². The van der Waals surface area contributed by atoms with Gasteiger partial charge in [0.05, 0.1) is 29.1 Å². The smallest absolute Gasteiger partial charge is 0.319 e. The zero-order chi connectivity index (χ0) is 33.6. The number of piperazine rings is 1. The number of nitrogens with zero attached hydrogens (tertiary/aromatic N) is 4. The molecule has 5 aliphatic heterocycles. The van der Waals surface area contributed by atoms with Crippen LogP contribution in [0.1, 0.15) is 38.2 Å². The summed E-state index contributed by atoms with van der Waals surface area (Å²) in [6.45, 7) is 4.49. The first-order valence-electron chi connectivity index (χ1n) is 17.4. The number of rotatable bonds is 7. The average molecular weight is 676 g/mol. The highest BCUT2D eigenvalue weighted by Crippen LogP contribution is 2.49. The summed E-state index contributed by atoms with van der Waals surface area (Å²) in [4.78, 5) is 13.7. The Bertz CT molecular complexity index is 1980. The van der Waals surface area contributed by atoms with E-state index >= 15 is 8.78 Å². The quantitative estimate of drug-likeness (QED) is 0.263. The Morgan fingerprint density at radius 2 is 1.96 bits per heavy atom. The molecule has 12 heteroatoms. The predicted octanol–water partition coefficient (Wildman–Crippen LogP) is 5.53. The molecule has 2 bridgehead atoms. The van der Waals surface area contributed by atoms with Crippen molar-refractivity contribution < 1.29 is 32.5 Å². The predicted molar refractivity (Wildman–Crippen MR) is 179 cm³/mol. The Labute approximate surface area is 282 Å². The van der Waals surface area contributed by atoms with E-state index in [1.54, 1.807) is 13.2 Å². The lowest BCUT2D eigenvalue weighted by Crippen LogP contribution is -2.60. The van der Waals surface area contributed by atoms with E-state index in [1.165, 1.54) is 6.07 Å². The van der Waals surface area contributed by atoms with Gasteiger partial charge in [-0.05, 0) is 65.6 Å². The zero-order valence-electron chi connectivity index (χ0n) is 27.6. The summed E-state index contributed by atoms with van der Waals surface area (Å²) in [6, 6.07) is 8.71. The van der Waals surface area contributed by atoms with Gasteiger partial charge in [-0.2, -0.15) is 9.97 Å². The van der Waals surface area contributed by atoms with Crippen LogP contribution < -0.4 is 19.7 Å². The molecule has 4 saturated heterocycles. The summed E-state index contributed by atoms with van der Waals surface area (Å²) >= 11 is 0. The number of anilines is 1. The number of nitrogens with one attached hydrogen (secondary N) is 1. The average Bonchev–Trinajstić information content (AvgIpc) is 3.68. The van der Waals surface area contributed by atoms with Crippen molar-refractivity contribution in [1.82, 2.24) is 20.2 Å². The summed E-state index contributed by atoms with van der Waals surface area (Å²) in [6.07, 6.45) is 2.60. The van der Waals surface area contributed by atoms with Crippen molar-refractivity contribution in [3.8, 4) is 28.6 Å². The van der Waals surface area contributed by atoms with E-state index < -0.39 is 23.3 Å². The molecule has 5 aliphatic rings. The third-order valence-electron chi connectivity index (χ3n) is 11.6. The van der Waals surface area contributed by atoms with Crippen LogP contribution in [0.3, 0.4) is 0 Å². The topological polar surface area (TPSA) is 92.2 Å². The molecule has 0 amide bonds. The first-order chi connectivity index (χ1) is 23.8. The van der Waals surface area contributed by atoms with Gasteiger partial charge in [0, 0.05) is 45.2 Å². The lowest BCUT2D eigenvalue weighted by molar-refractivity contribution is 0.107. The molecule has 9 nitrogen and oxygen atoms in total. The third kappa shape index (κ3) is 4.85. The molecule has 258 valence electrons. The van der Waals surface area contributed by atoms with E-state index in [4.69, 9.17) is 19.2 Å². The number of benzene rings is 3. The fourth-order valence-corrected chi connectivity index (χ4v) is 9.56. The second-order valence-corrected chi connectivity index (χ2v) is 14.6. The van der Waals surface area contributed by atoms with Gasteiger partial charge in [0.15, 0.2) is 17.4 Å². The van der Waals surface area contributed by atoms with Gasteiger partial charge < -0.3 is 29.5 Å². The van der Waals surface area contributed by atoms with Crippen molar-refractivity contribution in [3.63, 3.8) is 0 Å². The number of phenolic OH excluding ortho intramolecular Hbond substituents is 1. The number of aromatic nitrogens is 2. The number of fused-ring (bicyclic) bond motifs is 7. The first kappa shape index (κ1) is 31.1. The fourth-order valence-electron chi connectivity index (χ4n) is 9.56. The van der Waals surface area contributed by atoms with Crippen LogP contribution in [0.5, 0.6) is 17.5 Å². The summed E-state index contributed by atoms with van der Waals surface area (Å²) < 4.78 is 67.2. The second-order valence-electron chi connectivity index (χ2n) is 14.6. The van der Waals surface area contributed by atoms with Crippen LogP contribution in [0, 0.1) is 17.6 Å². The summed E-state index contributed by atoms with van der Waals surface area (Å²) in [5.41, 5.74) is 0.123. The molecule has 6 atom stereocenters. The Kier molecular flexibility index (Phi) is 7.37. The van der Waals surface area contributed by atoms with Gasteiger partial charge in [0.1, 0.15) is 36.5 Å². The van der Waals surface area contributed by atoms with Gasteiger partial charge in [-0.15, -0.1) is 0 Å². The number of phenols is 1. The van der Waals surface area contributed by atoms with Crippen molar-refractivity contribution >= 4 is 27.5 Å². The minimum Gasteiger partial charge on any atom is -0.508 e. The summed E-state index contributed by atoms with van der Waals surface area (Å²) in [5.74, 6) is -1.33. The number of ether oxygens (including phenoxy) is 3. The maximum absolute atomic E-state index is 17.3. The van der Waals surface area contributed by atoms with Crippen LogP contribution in [0.15, 0.2) is 30.3 Å². The molecule has 4 fully saturated rings. The molecule has 0 aliphatic carbocycles. The first-order valence-corrected chi connectivity index (χ1v) is 17.4. The Balaban J connectivity index is 1.23. The van der Waals surface area contributed by atoms with Crippen LogP contribution in [0.2, 0.25) is 0 Å². The molecule has 6 unspecified atom stereocenters. The standard InChI is InChI=1S/C37H40F3N5O4/c1-3-20-5-4-6-21-9-24(46)10-25(28(20)21)29-31(39)33-30-34(32(29)40)48-17-27-26-8-7-23(41-26)15-45(27)35(30)43-36(42-33)49-18-37-11-19(16-47-2)13-44(37)14-22(38)12-37/h4-6,9-10,19,22-23,26-27,41,46H,3,7-8,11-18H2,1-2H3. The number of aromatic hydroxyl groups is 1. The minimum absolute atomic E-state index is 0.0433. The van der Waals surface area contributed by atoms with Crippen molar-refractivity contribution in [2.45, 2.75) is 68.9 Å². The molecular formula is C37H40F3N5O4. The molecule has 1 aromatic heterocycles. The van der Waals surface area contributed by atoms with Crippen LogP contribution in [0.4, 0.5) is 19.0 Å². The zero-order valence-corrected chi connectivity index (χ0v) is 27.6. The van der Waals surface area contributed by atoms with E-state index in [1.807, 2.05) is 25.1 Å². The van der Waals surface area contributed by atoms with E-state index in [0.717, 1.165) is 18.4 Å². The lowest BCUT2D eigenvalue weighted by Gasteiger charge is -2.40. The number of hydrogen-bond donors (Lipinski definition) is 2. The van der Waals surface area contributed by atoms with Crippen molar-refractivity contribution in [3.05, 3.63) is 47.5 Å². The highest BCUT2D eigenvalue weighted by atomic mass is 19.1. The normalized spacial score (nSPS) is 28.9. The number of aryl methyl sites for hydroxylation is 1. The third-order valence-corrected chi connectivity index (χ3v) is 11.6. The highest BCUT2D eigenvalue weighted by Gasteiger charge is 2.53. The molecule has 0 spiro atoms. The maximum atomic E-state index is 17.3. The number of alkyl halides is 1.